The average Bonchev–Trinajstić information content (AvgIpc) is 2.02. The van der Waals surface area contributed by atoms with Crippen LogP contribution >= 0.6 is 15.9 Å². The molecule has 0 aliphatic heterocycles. The van der Waals surface area contributed by atoms with Gasteiger partial charge in [0.2, 0.25) is 0 Å². The number of aromatic hydroxyl groups is 1. The van der Waals surface area contributed by atoms with Crippen molar-refractivity contribution in [2.24, 2.45) is 0 Å². The van der Waals surface area contributed by atoms with Crippen LogP contribution in [0.5, 0.6) is 11.5 Å². The first-order valence-electron chi connectivity index (χ1n) is 3.60. The number of methoxy groups -OCH3 is 1. The predicted octanol–water partition coefficient (Wildman–Crippen LogP) is 2.78. The normalized spacial score (nSPS) is 10.0. The van der Waals surface area contributed by atoms with Crippen LogP contribution in [0.2, 0.25) is 0 Å². The highest BCUT2D eigenvalue weighted by Gasteiger charge is 2.11. The van der Waals surface area contributed by atoms with Crippen molar-refractivity contribution in [3.8, 4) is 11.5 Å². The number of halogens is 1. The van der Waals surface area contributed by atoms with Crippen molar-refractivity contribution >= 4 is 15.9 Å². The Hall–Kier alpha value is -0.700. The fraction of sp³-hybridized carbons (Fsp3) is 0.333. The Labute approximate surface area is 80.3 Å². The summed E-state index contributed by atoms with van der Waals surface area (Å²) in [6.45, 7) is 3.89. The van der Waals surface area contributed by atoms with Gasteiger partial charge in [-0.2, -0.15) is 0 Å². The first kappa shape index (κ1) is 9.39. The number of benzene rings is 1. The van der Waals surface area contributed by atoms with Gasteiger partial charge < -0.3 is 9.84 Å². The van der Waals surface area contributed by atoms with Gasteiger partial charge in [0.25, 0.3) is 0 Å². The maximum absolute atomic E-state index is 9.53. The van der Waals surface area contributed by atoms with E-state index < -0.39 is 0 Å². The number of aryl methyl sites for hydroxylation is 1. The van der Waals surface area contributed by atoms with Gasteiger partial charge in [0.05, 0.1) is 11.6 Å². The van der Waals surface area contributed by atoms with Crippen molar-refractivity contribution in [3.05, 3.63) is 21.7 Å². The number of hydrogen-bond acceptors (Lipinski definition) is 2. The molecule has 0 aliphatic rings. The zero-order valence-electron chi connectivity index (χ0n) is 7.31. The summed E-state index contributed by atoms with van der Waals surface area (Å²) in [5.41, 5.74) is 2.06. The second kappa shape index (κ2) is 3.35. The molecule has 3 heteroatoms. The summed E-state index contributed by atoms with van der Waals surface area (Å²) >= 11 is 3.24. The number of phenols is 1. The molecule has 0 aliphatic carbocycles. The highest BCUT2D eigenvalue weighted by atomic mass is 79.9. The van der Waals surface area contributed by atoms with E-state index in [1.54, 1.807) is 7.11 Å². The summed E-state index contributed by atoms with van der Waals surface area (Å²) in [5, 5.41) is 9.53. The first-order valence-corrected chi connectivity index (χ1v) is 4.40. The molecule has 0 saturated heterocycles. The molecule has 1 aromatic rings. The monoisotopic (exact) mass is 230 g/mol. The molecule has 0 saturated carbocycles. The third-order valence-electron chi connectivity index (χ3n) is 1.92. The highest BCUT2D eigenvalue weighted by Crippen LogP contribution is 2.38. The first-order chi connectivity index (χ1) is 5.57. The van der Waals surface area contributed by atoms with Gasteiger partial charge in [-0.1, -0.05) is 0 Å². The smallest absolute Gasteiger partial charge is 0.172 e. The molecule has 0 heterocycles. The van der Waals surface area contributed by atoms with E-state index >= 15 is 0 Å². The van der Waals surface area contributed by atoms with Gasteiger partial charge in [0.15, 0.2) is 11.5 Å². The van der Waals surface area contributed by atoms with Crippen molar-refractivity contribution in [2.75, 3.05) is 7.11 Å². The molecule has 1 N–H and O–H groups in total. The summed E-state index contributed by atoms with van der Waals surface area (Å²) in [6.07, 6.45) is 0. The molecule has 12 heavy (non-hydrogen) atoms. The van der Waals surface area contributed by atoms with Crippen LogP contribution in [0.4, 0.5) is 0 Å². The third kappa shape index (κ3) is 1.41. The van der Waals surface area contributed by atoms with Gasteiger partial charge in [0, 0.05) is 0 Å². The van der Waals surface area contributed by atoms with Gasteiger partial charge >= 0.3 is 0 Å². The fourth-order valence-corrected chi connectivity index (χ4v) is 1.61. The molecule has 0 aromatic heterocycles. The lowest BCUT2D eigenvalue weighted by Crippen LogP contribution is -1.91. The summed E-state index contributed by atoms with van der Waals surface area (Å²) < 4.78 is 5.73. The van der Waals surface area contributed by atoms with Crippen molar-refractivity contribution < 1.29 is 9.84 Å². The maximum Gasteiger partial charge on any atom is 0.172 e. The lowest BCUT2D eigenvalue weighted by atomic mass is 10.1. The lowest BCUT2D eigenvalue weighted by molar-refractivity contribution is 0.369. The van der Waals surface area contributed by atoms with Gasteiger partial charge in [-0.3, -0.25) is 0 Å². The van der Waals surface area contributed by atoms with E-state index in [9.17, 15) is 5.11 Å². The number of ether oxygens (including phenoxy) is 1. The fourth-order valence-electron chi connectivity index (χ4n) is 1.08. The molecule has 0 unspecified atom stereocenters. The van der Waals surface area contributed by atoms with Gasteiger partial charge in [-0.05, 0) is 47.0 Å². The maximum atomic E-state index is 9.53. The minimum absolute atomic E-state index is 0.167. The Morgan fingerprint density at radius 2 is 2.00 bits per heavy atom. The molecule has 1 aromatic carbocycles. The van der Waals surface area contributed by atoms with E-state index in [0.717, 1.165) is 11.1 Å². The molecule has 0 fully saturated rings. The Morgan fingerprint density at radius 3 is 2.50 bits per heavy atom. The molecule has 0 radical (unpaired) electrons. The standard InChI is InChI=1S/C9H11BrO2/c1-5-4-7(10)8(11)9(12-3)6(5)2/h4,11H,1-3H3. The third-order valence-corrected chi connectivity index (χ3v) is 2.53. The van der Waals surface area contributed by atoms with Gasteiger partial charge in [0.1, 0.15) is 0 Å². The van der Waals surface area contributed by atoms with E-state index in [4.69, 9.17) is 4.74 Å². The predicted molar refractivity (Wildman–Crippen MR) is 51.8 cm³/mol. The minimum atomic E-state index is 0.167. The summed E-state index contributed by atoms with van der Waals surface area (Å²) in [4.78, 5) is 0. The van der Waals surface area contributed by atoms with Gasteiger partial charge in [-0.15, -0.1) is 0 Å². The largest absolute Gasteiger partial charge is 0.503 e. The summed E-state index contributed by atoms with van der Waals surface area (Å²) in [7, 11) is 1.55. The van der Waals surface area contributed by atoms with Crippen LogP contribution in [-0.4, -0.2) is 12.2 Å². The number of hydrogen-bond donors (Lipinski definition) is 1. The Bertz CT molecular complexity index is 282. The summed E-state index contributed by atoms with van der Waals surface area (Å²) in [5.74, 6) is 0.711. The quantitative estimate of drug-likeness (QED) is 0.805. The Balaban J connectivity index is 3.42. The number of phenolic OH excluding ortho intramolecular Hbond substituents is 1. The van der Waals surface area contributed by atoms with E-state index in [-0.39, 0.29) is 5.75 Å². The van der Waals surface area contributed by atoms with Crippen molar-refractivity contribution in [1.82, 2.24) is 0 Å². The van der Waals surface area contributed by atoms with E-state index in [1.165, 1.54) is 0 Å². The van der Waals surface area contributed by atoms with Crippen LogP contribution in [0.1, 0.15) is 11.1 Å². The van der Waals surface area contributed by atoms with Crippen LogP contribution in [0.25, 0.3) is 0 Å². The van der Waals surface area contributed by atoms with E-state index in [2.05, 4.69) is 15.9 Å². The van der Waals surface area contributed by atoms with Crippen LogP contribution < -0.4 is 4.74 Å². The molecule has 66 valence electrons. The SMILES string of the molecule is COc1c(C)c(C)cc(Br)c1O. The lowest BCUT2D eigenvalue weighted by Gasteiger charge is -2.10. The Morgan fingerprint density at radius 1 is 1.42 bits per heavy atom. The minimum Gasteiger partial charge on any atom is -0.503 e. The van der Waals surface area contributed by atoms with Crippen LogP contribution in [0.3, 0.4) is 0 Å². The molecular formula is C9H11BrO2. The molecular weight excluding hydrogens is 220 g/mol. The van der Waals surface area contributed by atoms with Crippen LogP contribution in [0, 0.1) is 13.8 Å². The Kier molecular flexibility index (Phi) is 2.62. The molecule has 0 amide bonds. The highest BCUT2D eigenvalue weighted by molar-refractivity contribution is 9.10. The topological polar surface area (TPSA) is 29.5 Å². The van der Waals surface area contributed by atoms with E-state index in [0.29, 0.717) is 10.2 Å². The molecule has 0 bridgehead atoms. The second-order valence-electron chi connectivity index (χ2n) is 2.68. The molecule has 2 nitrogen and oxygen atoms in total. The zero-order chi connectivity index (χ0) is 9.30. The van der Waals surface area contributed by atoms with Crippen molar-refractivity contribution in [3.63, 3.8) is 0 Å². The van der Waals surface area contributed by atoms with Crippen molar-refractivity contribution in [1.29, 1.82) is 0 Å². The van der Waals surface area contributed by atoms with Crippen molar-refractivity contribution in [2.45, 2.75) is 13.8 Å². The molecule has 1 rings (SSSR count). The zero-order valence-corrected chi connectivity index (χ0v) is 8.90. The molecule has 0 spiro atoms. The van der Waals surface area contributed by atoms with E-state index in [1.807, 2.05) is 19.9 Å². The van der Waals surface area contributed by atoms with Crippen LogP contribution in [-0.2, 0) is 0 Å². The average molecular weight is 231 g/mol. The van der Waals surface area contributed by atoms with Gasteiger partial charge in [-0.25, -0.2) is 0 Å². The summed E-state index contributed by atoms with van der Waals surface area (Å²) in [6, 6.07) is 1.87. The number of rotatable bonds is 1. The molecule has 0 atom stereocenters. The second-order valence-corrected chi connectivity index (χ2v) is 3.54. The van der Waals surface area contributed by atoms with Crippen LogP contribution in [0.15, 0.2) is 10.5 Å².